The normalized spacial score (nSPS) is 22.5. The number of aliphatic hydroxyl groups is 1. The van der Waals surface area contributed by atoms with Gasteiger partial charge in [-0.1, -0.05) is 6.92 Å². The van der Waals surface area contributed by atoms with Crippen LogP contribution in [0.4, 0.5) is 11.4 Å². The van der Waals surface area contributed by atoms with Crippen LogP contribution in [0.5, 0.6) is 0 Å². The summed E-state index contributed by atoms with van der Waals surface area (Å²) >= 11 is 0. The summed E-state index contributed by atoms with van der Waals surface area (Å²) in [6, 6.07) is 3.72. The second-order valence-electron chi connectivity index (χ2n) is 5.39. The first kappa shape index (κ1) is 15.7. The molecule has 0 radical (unpaired) electrons. The van der Waals surface area contributed by atoms with Crippen LogP contribution in [0.25, 0.3) is 0 Å². The zero-order valence-corrected chi connectivity index (χ0v) is 12.7. The molecule has 1 aliphatic rings. The fraction of sp³-hybridized carbons (Fsp3) is 0.538. The van der Waals surface area contributed by atoms with Crippen LogP contribution in [-0.2, 0) is 9.84 Å². The van der Waals surface area contributed by atoms with Gasteiger partial charge in [0.1, 0.15) is 5.69 Å². The molecule has 1 aliphatic heterocycles. The molecule has 0 aromatic heterocycles. The molecule has 2 rings (SSSR count). The number of nitro groups is 1. The third-order valence-electron chi connectivity index (χ3n) is 3.95. The minimum atomic E-state index is -3.50. The Kier molecular flexibility index (Phi) is 4.20. The Hall–Kier alpha value is -1.67. The molecule has 1 aromatic rings. The Morgan fingerprint density at radius 3 is 2.67 bits per heavy atom. The van der Waals surface area contributed by atoms with Crippen molar-refractivity contribution in [1.29, 1.82) is 0 Å². The van der Waals surface area contributed by atoms with Gasteiger partial charge in [0.15, 0.2) is 9.84 Å². The van der Waals surface area contributed by atoms with Gasteiger partial charge in [0.25, 0.3) is 5.69 Å². The summed E-state index contributed by atoms with van der Waals surface area (Å²) in [5, 5.41) is 20.7. The lowest BCUT2D eigenvalue weighted by Crippen LogP contribution is -2.35. The summed E-state index contributed by atoms with van der Waals surface area (Å²) in [7, 11) is -3.50. The van der Waals surface area contributed by atoms with E-state index in [0.29, 0.717) is 12.2 Å². The van der Waals surface area contributed by atoms with E-state index in [-0.39, 0.29) is 29.1 Å². The maximum Gasteiger partial charge on any atom is 0.293 e. The first-order valence-electron chi connectivity index (χ1n) is 6.61. The molecule has 21 heavy (non-hydrogen) atoms. The summed E-state index contributed by atoms with van der Waals surface area (Å²) < 4.78 is 23.1. The first-order chi connectivity index (χ1) is 9.75. The SMILES string of the molecule is CC1CCN(c2ccc(S(C)(=O)=O)cc2[N+](=O)[O-])C1CO. The summed E-state index contributed by atoms with van der Waals surface area (Å²) in [4.78, 5) is 12.4. The van der Waals surface area contributed by atoms with E-state index in [9.17, 15) is 23.6 Å². The minimum absolute atomic E-state index is 0.0780. The topological polar surface area (TPSA) is 101 Å². The Balaban J connectivity index is 2.52. The fourth-order valence-electron chi connectivity index (χ4n) is 2.71. The van der Waals surface area contributed by atoms with E-state index in [1.165, 1.54) is 12.1 Å². The van der Waals surface area contributed by atoms with Crippen LogP contribution >= 0.6 is 0 Å². The van der Waals surface area contributed by atoms with Gasteiger partial charge >= 0.3 is 0 Å². The summed E-state index contributed by atoms with van der Waals surface area (Å²) in [6.07, 6.45) is 1.84. The number of nitrogens with zero attached hydrogens (tertiary/aromatic N) is 2. The molecule has 2 unspecified atom stereocenters. The molecule has 0 amide bonds. The minimum Gasteiger partial charge on any atom is -0.394 e. The highest BCUT2D eigenvalue weighted by atomic mass is 32.2. The first-order valence-corrected chi connectivity index (χ1v) is 8.51. The van der Waals surface area contributed by atoms with Crippen LogP contribution in [-0.4, -0.2) is 43.9 Å². The van der Waals surface area contributed by atoms with Gasteiger partial charge in [-0.05, 0) is 24.5 Å². The maximum absolute atomic E-state index is 11.5. The van der Waals surface area contributed by atoms with Crippen molar-refractivity contribution in [2.24, 2.45) is 5.92 Å². The van der Waals surface area contributed by atoms with Gasteiger partial charge in [-0.3, -0.25) is 10.1 Å². The molecule has 1 N–H and O–H groups in total. The lowest BCUT2D eigenvalue weighted by Gasteiger charge is -2.27. The van der Waals surface area contributed by atoms with Gasteiger partial charge in [0.2, 0.25) is 0 Å². The Morgan fingerprint density at radius 1 is 1.48 bits per heavy atom. The second kappa shape index (κ2) is 5.61. The van der Waals surface area contributed by atoms with Gasteiger partial charge < -0.3 is 10.0 Å². The molecule has 7 nitrogen and oxygen atoms in total. The third kappa shape index (κ3) is 3.01. The molecule has 1 aromatic carbocycles. The molecular weight excluding hydrogens is 296 g/mol. The quantitative estimate of drug-likeness (QED) is 0.662. The molecule has 0 saturated carbocycles. The van der Waals surface area contributed by atoms with E-state index in [2.05, 4.69) is 0 Å². The van der Waals surface area contributed by atoms with Crippen molar-refractivity contribution in [3.8, 4) is 0 Å². The molecule has 8 heteroatoms. The van der Waals surface area contributed by atoms with Crippen molar-refractivity contribution in [3.05, 3.63) is 28.3 Å². The highest BCUT2D eigenvalue weighted by molar-refractivity contribution is 7.90. The van der Waals surface area contributed by atoms with Crippen LogP contribution in [0.2, 0.25) is 0 Å². The van der Waals surface area contributed by atoms with Crippen LogP contribution in [0.15, 0.2) is 23.1 Å². The van der Waals surface area contributed by atoms with E-state index < -0.39 is 14.8 Å². The predicted molar refractivity (Wildman–Crippen MR) is 78.2 cm³/mol. The molecule has 1 saturated heterocycles. The molecule has 0 bridgehead atoms. The molecular formula is C13H18N2O5S. The average molecular weight is 314 g/mol. The van der Waals surface area contributed by atoms with E-state index in [4.69, 9.17) is 0 Å². The zero-order valence-electron chi connectivity index (χ0n) is 11.9. The van der Waals surface area contributed by atoms with E-state index >= 15 is 0 Å². The van der Waals surface area contributed by atoms with Crippen molar-refractivity contribution >= 4 is 21.2 Å². The highest BCUT2D eigenvalue weighted by Gasteiger charge is 2.34. The standard InChI is InChI=1S/C13H18N2O5S/c1-9-5-6-14(13(9)8-16)11-4-3-10(21(2,19)20)7-12(11)15(17)18/h3-4,7,9,13,16H,5-6,8H2,1-2H3. The summed E-state index contributed by atoms with van der Waals surface area (Å²) in [6.45, 7) is 2.50. The van der Waals surface area contributed by atoms with Crippen LogP contribution in [0.1, 0.15) is 13.3 Å². The Labute approximate surface area is 123 Å². The Morgan fingerprint density at radius 2 is 2.14 bits per heavy atom. The fourth-order valence-corrected chi connectivity index (χ4v) is 3.35. The Bertz CT molecular complexity index is 659. The van der Waals surface area contributed by atoms with Crippen molar-refractivity contribution < 1.29 is 18.4 Å². The number of anilines is 1. The number of rotatable bonds is 4. The average Bonchev–Trinajstić information content (AvgIpc) is 2.77. The molecule has 0 spiro atoms. The number of hydrogen-bond acceptors (Lipinski definition) is 6. The van der Waals surface area contributed by atoms with Gasteiger partial charge in [0, 0.05) is 18.9 Å². The maximum atomic E-state index is 11.5. The molecule has 2 atom stereocenters. The lowest BCUT2D eigenvalue weighted by atomic mass is 10.0. The third-order valence-corrected chi connectivity index (χ3v) is 5.06. The number of hydrogen-bond donors (Lipinski definition) is 1. The van der Waals surface area contributed by atoms with Gasteiger partial charge in [0.05, 0.1) is 22.5 Å². The monoisotopic (exact) mass is 314 g/mol. The van der Waals surface area contributed by atoms with Crippen molar-refractivity contribution in [2.45, 2.75) is 24.3 Å². The van der Waals surface area contributed by atoms with Gasteiger partial charge in [-0.2, -0.15) is 0 Å². The molecule has 0 aliphatic carbocycles. The van der Waals surface area contributed by atoms with Crippen LogP contribution in [0, 0.1) is 16.0 Å². The van der Waals surface area contributed by atoms with Crippen molar-refractivity contribution in [3.63, 3.8) is 0 Å². The van der Waals surface area contributed by atoms with E-state index in [1.54, 1.807) is 4.90 Å². The second-order valence-corrected chi connectivity index (χ2v) is 7.40. The van der Waals surface area contributed by atoms with Crippen LogP contribution in [0.3, 0.4) is 0 Å². The van der Waals surface area contributed by atoms with E-state index in [1.807, 2.05) is 6.92 Å². The molecule has 116 valence electrons. The number of nitro benzene ring substituents is 1. The molecule has 1 heterocycles. The number of sulfone groups is 1. The zero-order chi connectivity index (χ0) is 15.8. The van der Waals surface area contributed by atoms with Gasteiger partial charge in [-0.15, -0.1) is 0 Å². The lowest BCUT2D eigenvalue weighted by molar-refractivity contribution is -0.384. The van der Waals surface area contributed by atoms with Gasteiger partial charge in [-0.25, -0.2) is 8.42 Å². The van der Waals surface area contributed by atoms with E-state index in [0.717, 1.165) is 18.7 Å². The van der Waals surface area contributed by atoms with Crippen LogP contribution < -0.4 is 4.90 Å². The summed E-state index contributed by atoms with van der Waals surface area (Å²) in [5.74, 6) is 0.226. The van der Waals surface area contributed by atoms with Crippen molar-refractivity contribution in [1.82, 2.24) is 0 Å². The highest BCUT2D eigenvalue weighted by Crippen LogP contribution is 2.36. The number of benzene rings is 1. The predicted octanol–water partition coefficient (Wildman–Crippen LogP) is 1.21. The molecule has 1 fully saturated rings. The smallest absolute Gasteiger partial charge is 0.293 e. The number of aliphatic hydroxyl groups excluding tert-OH is 1. The summed E-state index contributed by atoms with van der Waals surface area (Å²) in [5.41, 5.74) is 0.112. The van der Waals surface area contributed by atoms with Crippen molar-refractivity contribution in [2.75, 3.05) is 24.3 Å². The largest absolute Gasteiger partial charge is 0.394 e.